The number of nitrogens with zero attached hydrogens (tertiary/aromatic N) is 4. The smallest absolute Gasteiger partial charge is 0.225 e. The van der Waals surface area contributed by atoms with Gasteiger partial charge in [0.25, 0.3) is 0 Å². The lowest BCUT2D eigenvalue weighted by Gasteiger charge is -2.31. The Morgan fingerprint density at radius 2 is 1.68 bits per heavy atom. The molecule has 0 N–H and O–H groups in total. The van der Waals surface area contributed by atoms with E-state index in [4.69, 9.17) is 0 Å². The maximum Gasteiger partial charge on any atom is 0.225 e. The first-order valence-electron chi connectivity index (χ1n) is 14.5. The molecule has 2 aliphatic rings. The number of thioether (sulfide) groups is 1. The molecule has 1 aromatic heterocycles. The van der Waals surface area contributed by atoms with E-state index in [1.807, 2.05) is 23.7 Å². The van der Waals surface area contributed by atoms with Crippen LogP contribution in [0.4, 0.5) is 5.69 Å². The van der Waals surface area contributed by atoms with E-state index >= 15 is 0 Å². The molecule has 6 heteroatoms. The Balaban J connectivity index is 1.40. The number of fused-ring (bicyclic) bond motifs is 2. The van der Waals surface area contributed by atoms with Crippen LogP contribution >= 0.6 is 11.8 Å². The van der Waals surface area contributed by atoms with Crippen LogP contribution in [0, 0.1) is 11.8 Å². The molecule has 210 valence electrons. The number of aryl methyl sites for hydroxylation is 1. The van der Waals surface area contributed by atoms with Gasteiger partial charge in [-0.2, -0.15) is 0 Å². The maximum atomic E-state index is 13.2. The highest BCUT2D eigenvalue weighted by Gasteiger charge is 2.30. The Labute approximate surface area is 244 Å². The number of pyridine rings is 1. The molecular weight excluding hydrogens is 512 g/mol. The lowest BCUT2D eigenvalue weighted by molar-refractivity contribution is -0.644. The molecule has 0 bridgehead atoms. The van der Waals surface area contributed by atoms with Crippen LogP contribution in [-0.4, -0.2) is 57.0 Å². The largest absolute Gasteiger partial charge is 0.345 e. The quantitative estimate of drug-likeness (QED) is 0.303. The van der Waals surface area contributed by atoms with Crippen LogP contribution in [0.1, 0.15) is 37.7 Å². The number of rotatable bonds is 8. The maximum absolute atomic E-state index is 13.2. The Morgan fingerprint density at radius 1 is 0.975 bits per heavy atom. The third-order valence-electron chi connectivity index (χ3n) is 8.48. The summed E-state index contributed by atoms with van der Waals surface area (Å²) in [5.74, 6) is 0.893. The molecular formula is C34H43N4OS+. The molecule has 0 unspecified atom stereocenters. The van der Waals surface area contributed by atoms with Crippen molar-refractivity contribution in [3.8, 4) is 0 Å². The Kier molecular flexibility index (Phi) is 8.97. The number of carbonyl (C=O) groups excluding carboxylic acids is 1. The molecule has 1 amide bonds. The van der Waals surface area contributed by atoms with Crippen molar-refractivity contribution in [1.29, 1.82) is 0 Å². The number of amides is 1. The van der Waals surface area contributed by atoms with E-state index in [0.717, 1.165) is 45.2 Å². The van der Waals surface area contributed by atoms with Gasteiger partial charge in [-0.1, -0.05) is 42.1 Å². The van der Waals surface area contributed by atoms with Crippen molar-refractivity contribution in [1.82, 2.24) is 9.80 Å². The number of allylic oxidation sites excluding steroid dienone is 2. The lowest BCUT2D eigenvalue weighted by atomic mass is 9.77. The van der Waals surface area contributed by atoms with Gasteiger partial charge < -0.3 is 14.7 Å². The first-order valence-corrected chi connectivity index (χ1v) is 15.3. The summed E-state index contributed by atoms with van der Waals surface area (Å²) in [6.07, 6.45) is 12.0. The number of hydrogen-bond donors (Lipinski definition) is 0. The molecule has 0 radical (unpaired) electrons. The zero-order chi connectivity index (χ0) is 28.2. The fraction of sp³-hybridized carbons (Fsp3) is 0.412. The minimum absolute atomic E-state index is 0.138. The summed E-state index contributed by atoms with van der Waals surface area (Å²) in [4.78, 5) is 21.0. The van der Waals surface area contributed by atoms with E-state index in [0.29, 0.717) is 11.8 Å². The van der Waals surface area contributed by atoms with Crippen LogP contribution in [0.25, 0.3) is 17.0 Å². The summed E-state index contributed by atoms with van der Waals surface area (Å²) in [5.41, 5.74) is 5.12. The molecule has 0 spiro atoms. The van der Waals surface area contributed by atoms with Crippen LogP contribution in [0.15, 0.2) is 82.4 Å². The molecule has 1 aliphatic heterocycles. The second-order valence-corrected chi connectivity index (χ2v) is 12.7. The van der Waals surface area contributed by atoms with Crippen molar-refractivity contribution in [2.24, 2.45) is 18.9 Å². The van der Waals surface area contributed by atoms with Crippen LogP contribution in [0.5, 0.6) is 0 Å². The summed E-state index contributed by atoms with van der Waals surface area (Å²) >= 11 is 1.85. The fourth-order valence-corrected chi connectivity index (χ4v) is 7.19. The van der Waals surface area contributed by atoms with E-state index in [2.05, 4.69) is 116 Å². The summed E-state index contributed by atoms with van der Waals surface area (Å²) in [7, 11) is 10.4. The molecule has 2 aromatic carbocycles. The van der Waals surface area contributed by atoms with Gasteiger partial charge in [0.1, 0.15) is 7.05 Å². The van der Waals surface area contributed by atoms with Crippen molar-refractivity contribution in [3.63, 3.8) is 0 Å². The Hall–Kier alpha value is -3.09. The molecule has 0 atom stereocenters. The number of anilines is 1. The summed E-state index contributed by atoms with van der Waals surface area (Å²) in [6.45, 7) is 1.84. The normalized spacial score (nSPS) is 20.4. The third-order valence-corrected chi connectivity index (χ3v) is 9.65. The molecule has 1 saturated carbocycles. The summed E-state index contributed by atoms with van der Waals surface area (Å²) < 4.78 is 2.19. The first-order chi connectivity index (χ1) is 19.3. The lowest BCUT2D eigenvalue weighted by Crippen LogP contribution is -2.36. The minimum atomic E-state index is 0.138. The van der Waals surface area contributed by atoms with Crippen molar-refractivity contribution in [2.75, 3.05) is 46.2 Å². The average Bonchev–Trinajstić information content (AvgIpc) is 3.28. The monoisotopic (exact) mass is 555 g/mol. The van der Waals surface area contributed by atoms with Crippen LogP contribution in [0.2, 0.25) is 0 Å². The molecule has 5 rings (SSSR count). The minimum Gasteiger partial charge on any atom is -0.345 e. The van der Waals surface area contributed by atoms with Crippen molar-refractivity contribution < 1.29 is 9.36 Å². The SMILES string of the molecule is CN(C)CCCN(C)C(=O)C1CCC(C(=C\c2cc[n+](C)c3ccccc23)/C=C2/Sc3ccccc3N2C)CC1. The van der Waals surface area contributed by atoms with Gasteiger partial charge in [-0.15, -0.1) is 0 Å². The highest BCUT2D eigenvalue weighted by Crippen LogP contribution is 2.46. The number of carbonyl (C=O) groups is 1. The van der Waals surface area contributed by atoms with Crippen molar-refractivity contribution in [2.45, 2.75) is 37.0 Å². The summed E-state index contributed by atoms with van der Waals surface area (Å²) in [5, 5.41) is 2.53. The van der Waals surface area contributed by atoms with E-state index in [1.165, 1.54) is 37.7 Å². The highest BCUT2D eigenvalue weighted by molar-refractivity contribution is 8.03. The molecule has 2 heterocycles. The van der Waals surface area contributed by atoms with E-state index in [1.54, 1.807) is 0 Å². The van der Waals surface area contributed by atoms with Gasteiger partial charge in [0.2, 0.25) is 11.4 Å². The Morgan fingerprint density at radius 3 is 2.42 bits per heavy atom. The highest BCUT2D eigenvalue weighted by atomic mass is 32.2. The van der Waals surface area contributed by atoms with Gasteiger partial charge in [-0.05, 0) is 94.1 Å². The molecule has 0 saturated heterocycles. The van der Waals surface area contributed by atoms with Gasteiger partial charge in [0.15, 0.2) is 6.20 Å². The average molecular weight is 556 g/mol. The standard InChI is InChI=1S/C34H43N4OS/c1-35(2)20-10-21-37(4)34(39)26-17-15-25(16-18-26)28(24-33-38(5)31-13-8-9-14-32(31)40-33)23-27-19-22-36(3)30-12-7-6-11-29(27)30/h6-9,11-14,19,22-26H,10,15-18,20-21H2,1-5H3/q+1. The van der Waals surface area contributed by atoms with Gasteiger partial charge in [-0.25, -0.2) is 4.57 Å². The zero-order valence-corrected chi connectivity index (χ0v) is 25.5. The topological polar surface area (TPSA) is 30.7 Å². The summed E-state index contributed by atoms with van der Waals surface area (Å²) in [6, 6.07) is 19.5. The van der Waals surface area contributed by atoms with E-state index in [9.17, 15) is 4.79 Å². The van der Waals surface area contributed by atoms with E-state index in [-0.39, 0.29) is 5.92 Å². The molecule has 1 aliphatic carbocycles. The predicted octanol–water partition coefficient (Wildman–Crippen LogP) is 6.35. The van der Waals surface area contributed by atoms with Gasteiger partial charge in [-0.3, -0.25) is 4.79 Å². The number of benzene rings is 2. The van der Waals surface area contributed by atoms with Crippen LogP contribution in [-0.2, 0) is 11.8 Å². The molecule has 3 aromatic rings. The molecule has 1 fully saturated rings. The predicted molar refractivity (Wildman–Crippen MR) is 168 cm³/mol. The van der Waals surface area contributed by atoms with Crippen molar-refractivity contribution in [3.05, 3.63) is 83.0 Å². The molecule has 5 nitrogen and oxygen atoms in total. The Bertz CT molecular complexity index is 1420. The fourth-order valence-electron chi connectivity index (χ4n) is 6.08. The first kappa shape index (κ1) is 28.4. The number of aromatic nitrogens is 1. The second kappa shape index (κ2) is 12.6. The van der Waals surface area contributed by atoms with E-state index < -0.39 is 0 Å². The number of hydrogen-bond acceptors (Lipinski definition) is 4. The zero-order valence-electron chi connectivity index (χ0n) is 24.6. The van der Waals surface area contributed by atoms with Crippen LogP contribution in [0.3, 0.4) is 0 Å². The van der Waals surface area contributed by atoms with Gasteiger partial charge in [0, 0.05) is 43.6 Å². The van der Waals surface area contributed by atoms with Gasteiger partial charge >= 0.3 is 0 Å². The van der Waals surface area contributed by atoms with Gasteiger partial charge in [0.05, 0.1) is 16.1 Å². The number of para-hydroxylation sites is 2. The van der Waals surface area contributed by atoms with Crippen LogP contribution < -0.4 is 9.47 Å². The second-order valence-electron chi connectivity index (χ2n) is 11.6. The van der Waals surface area contributed by atoms with Crippen molar-refractivity contribution >= 4 is 40.3 Å². The molecule has 40 heavy (non-hydrogen) atoms. The third kappa shape index (κ3) is 6.29.